The number of rotatable bonds is 3. The summed E-state index contributed by atoms with van der Waals surface area (Å²) in [4.78, 5) is 6.51. The first-order valence-electron chi connectivity index (χ1n) is 8.81. The van der Waals surface area contributed by atoms with Gasteiger partial charge in [0.05, 0.1) is 5.52 Å². The maximum absolute atomic E-state index is 10.5. The maximum Gasteiger partial charge on any atom is 0.176 e. The van der Waals surface area contributed by atoms with Gasteiger partial charge in [0, 0.05) is 34.0 Å². The van der Waals surface area contributed by atoms with Gasteiger partial charge in [0.2, 0.25) is 0 Å². The highest BCUT2D eigenvalue weighted by molar-refractivity contribution is 6.07. The molecule has 2 heterocycles. The average molecular weight is 351 g/mol. The molecule has 0 amide bonds. The van der Waals surface area contributed by atoms with Crippen LogP contribution < -0.4 is 4.90 Å². The lowest BCUT2D eigenvalue weighted by atomic mass is 10.1. The molecule has 0 saturated heterocycles. The molecule has 0 bridgehead atoms. The Bertz CT molecular complexity index is 1190. The number of hydrogen-bond acceptors (Lipinski definition) is 3. The van der Waals surface area contributed by atoms with Crippen LogP contribution in [0.5, 0.6) is 0 Å². The Kier molecular flexibility index (Phi) is 3.54. The Balaban J connectivity index is 1.77. The molecule has 5 rings (SSSR count). The summed E-state index contributed by atoms with van der Waals surface area (Å²) in [6, 6.07) is 30.5. The van der Waals surface area contributed by atoms with Crippen molar-refractivity contribution in [2.75, 3.05) is 4.90 Å². The first kappa shape index (κ1) is 15.5. The second-order valence-electron chi connectivity index (χ2n) is 6.39. The van der Waals surface area contributed by atoms with Gasteiger partial charge in [0.1, 0.15) is 0 Å². The highest BCUT2D eigenvalue weighted by Crippen LogP contribution is 2.37. The summed E-state index contributed by atoms with van der Waals surface area (Å²) < 4.78 is 1.16. The zero-order chi connectivity index (χ0) is 18.2. The number of anilines is 3. The van der Waals surface area contributed by atoms with Gasteiger partial charge in [0.15, 0.2) is 5.65 Å². The molecular formula is C23H17N3O. The first-order chi connectivity index (χ1) is 13.3. The monoisotopic (exact) mass is 351 g/mol. The fourth-order valence-electron chi connectivity index (χ4n) is 3.55. The molecule has 130 valence electrons. The largest absolute Gasteiger partial charge is 0.426 e. The Morgan fingerprint density at radius 2 is 1.33 bits per heavy atom. The van der Waals surface area contributed by atoms with Crippen molar-refractivity contribution in [3.05, 3.63) is 97.2 Å². The third-order valence-corrected chi connectivity index (χ3v) is 4.77. The van der Waals surface area contributed by atoms with E-state index in [9.17, 15) is 5.21 Å². The Labute approximate surface area is 156 Å². The van der Waals surface area contributed by atoms with Crippen LogP contribution in [-0.2, 0) is 0 Å². The van der Waals surface area contributed by atoms with Crippen LogP contribution in [0.25, 0.3) is 21.9 Å². The number of aromatic nitrogens is 2. The maximum atomic E-state index is 10.5. The van der Waals surface area contributed by atoms with Gasteiger partial charge >= 0.3 is 0 Å². The third kappa shape index (κ3) is 2.50. The average Bonchev–Trinajstić information content (AvgIpc) is 3.02. The number of fused-ring (bicyclic) bond motifs is 3. The fourth-order valence-corrected chi connectivity index (χ4v) is 3.55. The van der Waals surface area contributed by atoms with Gasteiger partial charge in [-0.3, -0.25) is 0 Å². The fraction of sp³-hybridized carbons (Fsp3) is 0. The van der Waals surface area contributed by atoms with Crippen molar-refractivity contribution >= 4 is 39.0 Å². The Hall–Kier alpha value is -3.79. The van der Waals surface area contributed by atoms with Crippen LogP contribution in [0.4, 0.5) is 17.1 Å². The second-order valence-corrected chi connectivity index (χ2v) is 6.39. The number of benzene rings is 3. The van der Waals surface area contributed by atoms with Crippen molar-refractivity contribution in [1.29, 1.82) is 0 Å². The molecule has 0 radical (unpaired) electrons. The van der Waals surface area contributed by atoms with Crippen molar-refractivity contribution in [2.24, 2.45) is 0 Å². The van der Waals surface area contributed by atoms with Crippen molar-refractivity contribution in [3.8, 4) is 0 Å². The summed E-state index contributed by atoms with van der Waals surface area (Å²) in [7, 11) is 0. The van der Waals surface area contributed by atoms with Crippen LogP contribution in [0.2, 0.25) is 0 Å². The standard InChI is InChI=1S/C23H17N3O/c27-26-22-14-13-19(16-21(22)20-12-7-15-24-23(20)26)25(17-8-3-1-4-9-17)18-10-5-2-6-11-18/h1-16,27H. The van der Waals surface area contributed by atoms with E-state index in [2.05, 4.69) is 40.2 Å². The molecule has 3 aromatic carbocycles. The molecule has 4 heteroatoms. The van der Waals surface area contributed by atoms with Crippen molar-refractivity contribution in [3.63, 3.8) is 0 Å². The van der Waals surface area contributed by atoms with Gasteiger partial charge in [-0.25, -0.2) is 4.98 Å². The van der Waals surface area contributed by atoms with Gasteiger partial charge in [-0.15, -0.1) is 0 Å². The van der Waals surface area contributed by atoms with Gasteiger partial charge < -0.3 is 10.1 Å². The van der Waals surface area contributed by atoms with E-state index in [1.54, 1.807) is 6.20 Å². The van der Waals surface area contributed by atoms with Gasteiger partial charge in [-0.1, -0.05) is 36.4 Å². The van der Waals surface area contributed by atoms with E-state index in [1.165, 1.54) is 0 Å². The predicted molar refractivity (Wildman–Crippen MR) is 109 cm³/mol. The summed E-state index contributed by atoms with van der Waals surface area (Å²) in [6.07, 6.45) is 1.69. The molecule has 0 aliphatic heterocycles. The predicted octanol–water partition coefficient (Wildman–Crippen LogP) is 5.90. The molecule has 0 atom stereocenters. The van der Waals surface area contributed by atoms with E-state index in [0.29, 0.717) is 5.65 Å². The van der Waals surface area contributed by atoms with Crippen LogP contribution in [0.1, 0.15) is 0 Å². The third-order valence-electron chi connectivity index (χ3n) is 4.77. The van der Waals surface area contributed by atoms with Crippen LogP contribution in [0, 0.1) is 0 Å². The molecule has 0 saturated carbocycles. The Morgan fingerprint density at radius 1 is 0.667 bits per heavy atom. The van der Waals surface area contributed by atoms with Gasteiger partial charge in [-0.2, -0.15) is 4.73 Å². The quantitative estimate of drug-likeness (QED) is 0.412. The second kappa shape index (κ2) is 6.18. The molecule has 2 aromatic heterocycles. The zero-order valence-electron chi connectivity index (χ0n) is 14.5. The highest BCUT2D eigenvalue weighted by Gasteiger charge is 2.16. The molecule has 0 aliphatic rings. The van der Waals surface area contributed by atoms with Crippen LogP contribution in [0.3, 0.4) is 0 Å². The van der Waals surface area contributed by atoms with E-state index in [4.69, 9.17) is 0 Å². The molecule has 5 aromatic rings. The summed E-state index contributed by atoms with van der Waals surface area (Å²) >= 11 is 0. The van der Waals surface area contributed by atoms with Crippen LogP contribution in [-0.4, -0.2) is 14.9 Å². The normalized spacial score (nSPS) is 11.1. The van der Waals surface area contributed by atoms with E-state index in [1.807, 2.05) is 60.7 Å². The molecule has 0 fully saturated rings. The lowest BCUT2D eigenvalue weighted by molar-refractivity contribution is 0.211. The van der Waals surface area contributed by atoms with Gasteiger partial charge in [0.25, 0.3) is 0 Å². The Morgan fingerprint density at radius 3 is 2.00 bits per heavy atom. The van der Waals surface area contributed by atoms with Crippen LogP contribution >= 0.6 is 0 Å². The highest BCUT2D eigenvalue weighted by atomic mass is 16.5. The lowest BCUT2D eigenvalue weighted by Crippen LogP contribution is -2.09. The molecule has 4 nitrogen and oxygen atoms in total. The number of pyridine rings is 1. The summed E-state index contributed by atoms with van der Waals surface area (Å²) in [5.41, 5.74) is 4.49. The topological polar surface area (TPSA) is 41.3 Å². The minimum absolute atomic E-state index is 0.565. The molecular weight excluding hydrogens is 334 g/mol. The van der Waals surface area contributed by atoms with E-state index in [-0.39, 0.29) is 0 Å². The lowest BCUT2D eigenvalue weighted by Gasteiger charge is -2.25. The minimum atomic E-state index is 0.565. The van der Waals surface area contributed by atoms with E-state index < -0.39 is 0 Å². The first-order valence-corrected chi connectivity index (χ1v) is 8.81. The minimum Gasteiger partial charge on any atom is -0.426 e. The van der Waals surface area contributed by atoms with Gasteiger partial charge in [-0.05, 0) is 54.6 Å². The SMILES string of the molecule is On1c2ccc(N(c3ccccc3)c3ccccc3)cc2c2cccnc21. The zero-order valence-corrected chi connectivity index (χ0v) is 14.5. The summed E-state index contributed by atoms with van der Waals surface area (Å²) in [5, 5.41) is 12.4. The molecule has 27 heavy (non-hydrogen) atoms. The molecule has 1 N–H and O–H groups in total. The molecule has 0 spiro atoms. The number of nitrogens with zero attached hydrogens (tertiary/aromatic N) is 3. The summed E-state index contributed by atoms with van der Waals surface area (Å²) in [6.45, 7) is 0. The van der Waals surface area contributed by atoms with Crippen molar-refractivity contribution in [2.45, 2.75) is 0 Å². The number of hydrogen-bond donors (Lipinski definition) is 1. The van der Waals surface area contributed by atoms with Crippen LogP contribution in [0.15, 0.2) is 97.2 Å². The molecule has 0 aliphatic carbocycles. The van der Waals surface area contributed by atoms with Crippen molar-refractivity contribution < 1.29 is 5.21 Å². The van der Waals surface area contributed by atoms with E-state index in [0.717, 1.165) is 38.1 Å². The molecule has 0 unspecified atom stereocenters. The van der Waals surface area contributed by atoms with Crippen molar-refractivity contribution in [1.82, 2.24) is 9.71 Å². The summed E-state index contributed by atoms with van der Waals surface area (Å²) in [5.74, 6) is 0. The number of para-hydroxylation sites is 2. The van der Waals surface area contributed by atoms with E-state index >= 15 is 0 Å². The smallest absolute Gasteiger partial charge is 0.176 e.